The molecule has 0 spiro atoms. The predicted molar refractivity (Wildman–Crippen MR) is 68.6 cm³/mol. The standard InChI is InChI=1S/C12H12N2O5S/c1-2-19-9(15)7-14-11(17)10(16)13(12(14)18)6-8-4-3-5-20-8/h3-5H,2,6-7H2,1H3. The van der Waals surface area contributed by atoms with Gasteiger partial charge in [-0.2, -0.15) is 0 Å². The van der Waals surface area contributed by atoms with Gasteiger partial charge in [-0.15, -0.1) is 11.3 Å². The average Bonchev–Trinajstić information content (AvgIpc) is 2.98. The second-order valence-electron chi connectivity index (χ2n) is 3.95. The quantitative estimate of drug-likeness (QED) is 0.451. The summed E-state index contributed by atoms with van der Waals surface area (Å²) in [6.07, 6.45) is 0. The Morgan fingerprint density at radius 3 is 2.55 bits per heavy atom. The summed E-state index contributed by atoms with van der Waals surface area (Å²) in [5.41, 5.74) is 0. The number of ether oxygens (including phenoxy) is 1. The zero-order chi connectivity index (χ0) is 14.7. The van der Waals surface area contributed by atoms with E-state index in [0.717, 1.165) is 9.78 Å². The Balaban J connectivity index is 2.09. The van der Waals surface area contributed by atoms with E-state index in [0.29, 0.717) is 4.90 Å². The van der Waals surface area contributed by atoms with Crippen molar-refractivity contribution in [2.75, 3.05) is 13.2 Å². The molecule has 1 aromatic rings. The van der Waals surface area contributed by atoms with E-state index in [1.165, 1.54) is 11.3 Å². The Morgan fingerprint density at radius 2 is 1.95 bits per heavy atom. The van der Waals surface area contributed by atoms with Gasteiger partial charge in [-0.25, -0.2) is 9.69 Å². The Labute approximate surface area is 118 Å². The summed E-state index contributed by atoms with van der Waals surface area (Å²) >= 11 is 1.37. The van der Waals surface area contributed by atoms with Gasteiger partial charge in [0.05, 0.1) is 13.2 Å². The van der Waals surface area contributed by atoms with Crippen LogP contribution in [0.25, 0.3) is 0 Å². The van der Waals surface area contributed by atoms with Gasteiger partial charge in [-0.3, -0.25) is 19.3 Å². The highest BCUT2D eigenvalue weighted by atomic mass is 32.1. The van der Waals surface area contributed by atoms with Crippen LogP contribution < -0.4 is 0 Å². The lowest BCUT2D eigenvalue weighted by Crippen LogP contribution is -2.37. The van der Waals surface area contributed by atoms with E-state index in [-0.39, 0.29) is 13.2 Å². The molecular formula is C12H12N2O5S. The maximum absolute atomic E-state index is 12.0. The maximum Gasteiger partial charge on any atom is 0.335 e. The zero-order valence-corrected chi connectivity index (χ0v) is 11.5. The number of carbonyl (C=O) groups excluding carboxylic acids is 4. The summed E-state index contributed by atoms with van der Waals surface area (Å²) < 4.78 is 4.66. The van der Waals surface area contributed by atoms with Crippen LogP contribution in [-0.2, 0) is 25.7 Å². The lowest BCUT2D eigenvalue weighted by atomic mass is 10.4. The van der Waals surface area contributed by atoms with E-state index in [4.69, 9.17) is 0 Å². The first-order valence-electron chi connectivity index (χ1n) is 5.90. The number of carbonyl (C=O) groups is 4. The fourth-order valence-electron chi connectivity index (χ4n) is 1.72. The van der Waals surface area contributed by atoms with E-state index >= 15 is 0 Å². The van der Waals surface area contributed by atoms with E-state index in [2.05, 4.69) is 4.74 Å². The molecule has 0 bridgehead atoms. The molecule has 7 nitrogen and oxygen atoms in total. The predicted octanol–water partition coefficient (Wildman–Crippen LogP) is 0.602. The molecule has 0 aliphatic carbocycles. The average molecular weight is 296 g/mol. The number of nitrogens with zero attached hydrogens (tertiary/aromatic N) is 2. The van der Waals surface area contributed by atoms with Crippen molar-refractivity contribution in [1.82, 2.24) is 9.80 Å². The number of amides is 4. The first kappa shape index (κ1) is 14.2. The minimum atomic E-state index is -1.00. The van der Waals surface area contributed by atoms with Crippen LogP contribution in [0.5, 0.6) is 0 Å². The zero-order valence-electron chi connectivity index (χ0n) is 10.7. The van der Waals surface area contributed by atoms with Crippen LogP contribution in [0.1, 0.15) is 11.8 Å². The van der Waals surface area contributed by atoms with E-state index in [1.54, 1.807) is 24.4 Å². The van der Waals surface area contributed by atoms with Crippen molar-refractivity contribution in [2.45, 2.75) is 13.5 Å². The number of esters is 1. The molecule has 0 unspecified atom stereocenters. The molecule has 0 atom stereocenters. The highest BCUT2D eigenvalue weighted by Crippen LogP contribution is 2.18. The van der Waals surface area contributed by atoms with Crippen LogP contribution >= 0.6 is 11.3 Å². The number of thiophene rings is 1. The lowest BCUT2D eigenvalue weighted by Gasteiger charge is -2.14. The normalized spacial score (nSPS) is 15.2. The van der Waals surface area contributed by atoms with Gasteiger partial charge in [0.2, 0.25) is 0 Å². The van der Waals surface area contributed by atoms with Crippen molar-refractivity contribution >= 4 is 35.2 Å². The van der Waals surface area contributed by atoms with Gasteiger partial charge in [0.1, 0.15) is 6.54 Å². The molecule has 1 fully saturated rings. The van der Waals surface area contributed by atoms with Gasteiger partial charge >= 0.3 is 23.8 Å². The minimum Gasteiger partial charge on any atom is -0.465 e. The van der Waals surface area contributed by atoms with Crippen molar-refractivity contribution in [2.24, 2.45) is 0 Å². The molecule has 2 heterocycles. The molecule has 106 valence electrons. The lowest BCUT2D eigenvalue weighted by molar-refractivity contribution is -0.148. The SMILES string of the molecule is CCOC(=O)CN1C(=O)C(=O)N(Cc2cccs2)C1=O. The van der Waals surface area contributed by atoms with Gasteiger partial charge in [0.15, 0.2) is 0 Å². The Bertz CT molecular complexity index is 554. The number of imide groups is 2. The molecule has 1 aliphatic rings. The van der Waals surface area contributed by atoms with Gasteiger partial charge in [-0.1, -0.05) is 6.07 Å². The smallest absolute Gasteiger partial charge is 0.335 e. The van der Waals surface area contributed by atoms with Crippen molar-refractivity contribution in [3.63, 3.8) is 0 Å². The highest BCUT2D eigenvalue weighted by molar-refractivity contribution is 7.09. The van der Waals surface area contributed by atoms with Crippen molar-refractivity contribution in [3.8, 4) is 0 Å². The fourth-order valence-corrected chi connectivity index (χ4v) is 2.42. The van der Waals surface area contributed by atoms with Gasteiger partial charge < -0.3 is 4.74 Å². The molecule has 20 heavy (non-hydrogen) atoms. The Kier molecular flexibility index (Phi) is 4.14. The Hall–Kier alpha value is -2.22. The van der Waals surface area contributed by atoms with Crippen LogP contribution in [0.4, 0.5) is 4.79 Å². The van der Waals surface area contributed by atoms with Gasteiger partial charge in [0.25, 0.3) is 0 Å². The first-order chi connectivity index (χ1) is 9.54. The third-order valence-electron chi connectivity index (χ3n) is 2.62. The molecule has 8 heteroatoms. The fraction of sp³-hybridized carbons (Fsp3) is 0.333. The van der Waals surface area contributed by atoms with E-state index in [9.17, 15) is 19.2 Å². The van der Waals surface area contributed by atoms with Gasteiger partial charge in [0, 0.05) is 4.88 Å². The van der Waals surface area contributed by atoms with Gasteiger partial charge in [-0.05, 0) is 18.4 Å². The molecule has 0 aromatic carbocycles. The van der Waals surface area contributed by atoms with E-state index < -0.39 is 30.4 Å². The third-order valence-corrected chi connectivity index (χ3v) is 3.48. The van der Waals surface area contributed by atoms with Crippen molar-refractivity contribution < 1.29 is 23.9 Å². The molecule has 2 rings (SSSR count). The minimum absolute atomic E-state index is 0.0282. The topological polar surface area (TPSA) is 84.0 Å². The van der Waals surface area contributed by atoms with Crippen LogP contribution in [-0.4, -0.2) is 46.8 Å². The number of urea groups is 1. The second-order valence-corrected chi connectivity index (χ2v) is 4.98. The first-order valence-corrected chi connectivity index (χ1v) is 6.78. The number of hydrogen-bond acceptors (Lipinski definition) is 6. The molecule has 1 aromatic heterocycles. The van der Waals surface area contributed by atoms with Crippen molar-refractivity contribution in [1.29, 1.82) is 0 Å². The van der Waals surface area contributed by atoms with Crippen LogP contribution in [0.3, 0.4) is 0 Å². The summed E-state index contributed by atoms with van der Waals surface area (Å²) in [7, 11) is 0. The molecular weight excluding hydrogens is 284 g/mol. The molecule has 0 radical (unpaired) electrons. The summed E-state index contributed by atoms with van der Waals surface area (Å²) in [5.74, 6) is -2.65. The summed E-state index contributed by atoms with van der Waals surface area (Å²) in [6.45, 7) is 1.24. The molecule has 0 saturated carbocycles. The molecule has 0 N–H and O–H groups in total. The van der Waals surface area contributed by atoms with E-state index in [1.807, 2.05) is 0 Å². The molecule has 1 saturated heterocycles. The molecule has 1 aliphatic heterocycles. The summed E-state index contributed by atoms with van der Waals surface area (Å²) in [4.78, 5) is 49.0. The second kappa shape index (κ2) is 5.83. The number of hydrogen-bond donors (Lipinski definition) is 0. The maximum atomic E-state index is 12.0. The third kappa shape index (κ3) is 2.69. The Morgan fingerprint density at radius 1 is 1.25 bits per heavy atom. The van der Waals surface area contributed by atoms with Crippen LogP contribution in [0.15, 0.2) is 17.5 Å². The van der Waals surface area contributed by atoms with Crippen molar-refractivity contribution in [3.05, 3.63) is 22.4 Å². The highest BCUT2D eigenvalue weighted by Gasteiger charge is 2.45. The van der Waals surface area contributed by atoms with Crippen LogP contribution in [0, 0.1) is 0 Å². The molecule has 4 amide bonds. The number of rotatable bonds is 5. The van der Waals surface area contributed by atoms with Crippen LogP contribution in [0.2, 0.25) is 0 Å². The largest absolute Gasteiger partial charge is 0.465 e. The monoisotopic (exact) mass is 296 g/mol. The summed E-state index contributed by atoms with van der Waals surface area (Å²) in [6, 6.07) is 2.74. The summed E-state index contributed by atoms with van der Waals surface area (Å²) in [5, 5.41) is 1.80.